The molecule has 3 saturated heterocycles. The fraction of sp³-hybridized carbons (Fsp3) is 0.433. The molecule has 0 spiro atoms. The monoisotopic (exact) mass is 594 g/mol. The van der Waals surface area contributed by atoms with Crippen LogP contribution >= 0.6 is 0 Å². The molecule has 1 unspecified atom stereocenters. The van der Waals surface area contributed by atoms with Crippen LogP contribution in [0.3, 0.4) is 0 Å². The van der Waals surface area contributed by atoms with Crippen LogP contribution in [-0.2, 0) is 4.79 Å². The van der Waals surface area contributed by atoms with E-state index in [1.807, 2.05) is 6.07 Å². The van der Waals surface area contributed by atoms with Gasteiger partial charge >= 0.3 is 5.69 Å². The number of piperazine rings is 1. The lowest BCUT2D eigenvalue weighted by molar-refractivity contribution is -0.387. The van der Waals surface area contributed by atoms with Crippen molar-refractivity contribution in [2.75, 3.05) is 55.6 Å². The highest BCUT2D eigenvalue weighted by molar-refractivity contribution is 6.23. The average molecular weight is 595 g/mol. The van der Waals surface area contributed by atoms with Crippen LogP contribution in [0, 0.1) is 27.7 Å². The normalized spacial score (nSPS) is 21.8. The lowest BCUT2D eigenvalue weighted by Gasteiger charge is -2.40. The van der Waals surface area contributed by atoms with E-state index in [4.69, 9.17) is 0 Å². The lowest BCUT2D eigenvalue weighted by atomic mass is 9.95. The molecule has 6 rings (SSSR count). The first-order chi connectivity index (χ1) is 20.6. The van der Waals surface area contributed by atoms with Gasteiger partial charge in [0.25, 0.3) is 11.8 Å². The van der Waals surface area contributed by atoms with Crippen molar-refractivity contribution in [1.29, 1.82) is 0 Å². The second-order valence-corrected chi connectivity index (χ2v) is 11.6. The quantitative estimate of drug-likeness (QED) is 0.308. The second-order valence-electron chi connectivity index (χ2n) is 11.6. The molecule has 4 heterocycles. The number of imide groups is 1. The minimum absolute atomic E-state index is 0.0562. The van der Waals surface area contributed by atoms with Gasteiger partial charge in [0.15, 0.2) is 5.82 Å². The van der Waals surface area contributed by atoms with Crippen molar-refractivity contribution in [3.63, 3.8) is 0 Å². The van der Waals surface area contributed by atoms with Crippen molar-refractivity contribution >= 4 is 34.8 Å². The van der Waals surface area contributed by atoms with Gasteiger partial charge in [0.2, 0.25) is 11.7 Å². The van der Waals surface area contributed by atoms with Crippen LogP contribution in [0.2, 0.25) is 0 Å². The zero-order valence-electron chi connectivity index (χ0n) is 23.6. The molecule has 11 nitrogen and oxygen atoms in total. The van der Waals surface area contributed by atoms with E-state index < -0.39 is 40.1 Å². The van der Waals surface area contributed by atoms with E-state index in [1.165, 1.54) is 0 Å². The van der Waals surface area contributed by atoms with Crippen molar-refractivity contribution in [2.24, 2.45) is 5.92 Å². The third kappa shape index (κ3) is 5.44. The Morgan fingerprint density at radius 1 is 0.884 bits per heavy atom. The number of carbonyl (C=O) groups excluding carboxylic acids is 3. The largest absolute Gasteiger partial charge is 0.369 e. The maximum Gasteiger partial charge on any atom is 0.307 e. The first-order valence-electron chi connectivity index (χ1n) is 14.5. The number of benzene rings is 2. The number of anilines is 2. The van der Waals surface area contributed by atoms with Crippen molar-refractivity contribution in [2.45, 2.75) is 31.7 Å². The molecule has 0 saturated carbocycles. The number of nitrogens with zero attached hydrogens (tertiary/aromatic N) is 5. The molecule has 2 aromatic carbocycles. The predicted octanol–water partition coefficient (Wildman–Crippen LogP) is 3.30. The minimum atomic E-state index is -1.04. The smallest absolute Gasteiger partial charge is 0.307 e. The first-order valence-corrected chi connectivity index (χ1v) is 14.5. The van der Waals surface area contributed by atoms with E-state index >= 15 is 0 Å². The highest BCUT2D eigenvalue weighted by Gasteiger charge is 2.44. The van der Waals surface area contributed by atoms with Gasteiger partial charge in [0.1, 0.15) is 6.04 Å². The Balaban J connectivity index is 1.02. The number of amides is 3. The van der Waals surface area contributed by atoms with E-state index in [0.29, 0.717) is 54.7 Å². The molecule has 4 aliphatic heterocycles. The summed E-state index contributed by atoms with van der Waals surface area (Å²) in [7, 11) is 0. The van der Waals surface area contributed by atoms with Gasteiger partial charge in [-0.05, 0) is 49.8 Å². The van der Waals surface area contributed by atoms with Crippen molar-refractivity contribution < 1.29 is 28.1 Å². The summed E-state index contributed by atoms with van der Waals surface area (Å²) in [5.74, 6) is -2.73. The maximum atomic E-state index is 14.5. The number of allylic oxidation sites excluding steroid dienone is 1. The summed E-state index contributed by atoms with van der Waals surface area (Å²) in [5, 5.41) is 13.5. The molecule has 1 N–H and O–H groups in total. The number of piperidine rings is 2. The highest BCUT2D eigenvalue weighted by atomic mass is 19.1. The van der Waals surface area contributed by atoms with E-state index in [2.05, 4.69) is 21.7 Å². The fourth-order valence-electron chi connectivity index (χ4n) is 6.55. The summed E-state index contributed by atoms with van der Waals surface area (Å²) < 4.78 is 28.6. The zero-order valence-corrected chi connectivity index (χ0v) is 23.6. The molecule has 0 aliphatic carbocycles. The van der Waals surface area contributed by atoms with Crippen LogP contribution in [0.15, 0.2) is 42.6 Å². The number of nitro benzene ring substituents is 1. The van der Waals surface area contributed by atoms with Gasteiger partial charge in [-0.15, -0.1) is 0 Å². The molecule has 0 aromatic heterocycles. The molecule has 1 atom stereocenters. The number of nitro groups is 1. The van der Waals surface area contributed by atoms with Crippen LogP contribution in [0.1, 0.15) is 46.4 Å². The van der Waals surface area contributed by atoms with Crippen molar-refractivity contribution in [1.82, 2.24) is 15.1 Å². The molecule has 4 aliphatic rings. The van der Waals surface area contributed by atoms with Gasteiger partial charge in [0.05, 0.1) is 27.8 Å². The van der Waals surface area contributed by atoms with Crippen LogP contribution in [0.5, 0.6) is 0 Å². The molecule has 43 heavy (non-hydrogen) atoms. The molecular formula is C30H32F2N6O5. The molecule has 226 valence electrons. The summed E-state index contributed by atoms with van der Waals surface area (Å²) in [6.45, 7) is 8.81. The standard InChI is InChI=1S/C30H32F2N6O5/c1-18-2-5-25(28(39)33-18)37-29(40)21-4-3-20(14-22(21)30(37)41)35-12-10-34(11-13-35)17-19-6-8-36(9-7-19)26-15-24(32)27(38(42)43)16-23(26)31/h3-4,14-16,19,25H,1-2,5-13,17H2,(H,33,39). The number of halogens is 2. The predicted molar refractivity (Wildman–Crippen MR) is 154 cm³/mol. The Morgan fingerprint density at radius 3 is 2.26 bits per heavy atom. The molecule has 0 bridgehead atoms. The fourth-order valence-corrected chi connectivity index (χ4v) is 6.55. The van der Waals surface area contributed by atoms with Crippen LogP contribution < -0.4 is 15.1 Å². The number of carbonyl (C=O) groups is 3. The van der Waals surface area contributed by atoms with Crippen LogP contribution in [0.4, 0.5) is 25.8 Å². The van der Waals surface area contributed by atoms with Crippen molar-refractivity contribution in [3.05, 3.63) is 75.5 Å². The molecular weight excluding hydrogens is 562 g/mol. The minimum Gasteiger partial charge on any atom is -0.369 e. The molecule has 3 amide bonds. The Labute approximate surface area is 246 Å². The Kier molecular flexibility index (Phi) is 7.59. The average Bonchev–Trinajstić information content (AvgIpc) is 3.23. The number of fused-ring (bicyclic) bond motifs is 1. The summed E-state index contributed by atoms with van der Waals surface area (Å²) in [4.78, 5) is 56.1. The summed E-state index contributed by atoms with van der Waals surface area (Å²) >= 11 is 0. The SMILES string of the molecule is C=C1CCC(N2C(=O)c3ccc(N4CCN(CC5CCN(c6cc(F)c([N+](=O)[O-])cc6F)CC5)CC4)cc3C2=O)C(=O)N1. The highest BCUT2D eigenvalue weighted by Crippen LogP contribution is 2.33. The lowest BCUT2D eigenvalue weighted by Crippen LogP contribution is -2.51. The zero-order chi connectivity index (χ0) is 30.4. The van der Waals surface area contributed by atoms with Gasteiger partial charge in [-0.25, -0.2) is 4.39 Å². The van der Waals surface area contributed by atoms with Gasteiger partial charge < -0.3 is 15.1 Å². The second kappa shape index (κ2) is 11.4. The van der Waals surface area contributed by atoms with Crippen molar-refractivity contribution in [3.8, 4) is 0 Å². The number of nitrogens with one attached hydrogen (secondary N) is 1. The number of hydrogen-bond acceptors (Lipinski definition) is 8. The number of rotatable bonds is 6. The summed E-state index contributed by atoms with van der Waals surface area (Å²) in [5.41, 5.74) is 1.26. The summed E-state index contributed by atoms with van der Waals surface area (Å²) in [6, 6.07) is 5.99. The molecule has 0 radical (unpaired) electrons. The van der Waals surface area contributed by atoms with E-state index in [9.17, 15) is 33.3 Å². The molecule has 13 heteroatoms. The van der Waals surface area contributed by atoms with Gasteiger partial charge in [-0.2, -0.15) is 4.39 Å². The van der Waals surface area contributed by atoms with Gasteiger partial charge in [-0.1, -0.05) is 6.58 Å². The Hall–Kier alpha value is -4.39. The van der Waals surface area contributed by atoms with Crippen LogP contribution in [-0.4, -0.2) is 84.3 Å². The third-order valence-electron chi connectivity index (χ3n) is 8.96. The van der Waals surface area contributed by atoms with Gasteiger partial charge in [0, 0.05) is 63.3 Å². The Bertz CT molecular complexity index is 1520. The van der Waals surface area contributed by atoms with E-state index in [0.717, 1.165) is 62.2 Å². The first kappa shape index (κ1) is 28.7. The van der Waals surface area contributed by atoms with Crippen LogP contribution in [0.25, 0.3) is 0 Å². The third-order valence-corrected chi connectivity index (χ3v) is 8.96. The van der Waals surface area contributed by atoms with E-state index in [-0.39, 0.29) is 11.6 Å². The van der Waals surface area contributed by atoms with Gasteiger partial charge in [-0.3, -0.25) is 34.3 Å². The number of hydrogen-bond donors (Lipinski definition) is 1. The molecule has 3 fully saturated rings. The summed E-state index contributed by atoms with van der Waals surface area (Å²) in [6.07, 6.45) is 2.46. The maximum absolute atomic E-state index is 14.5. The Morgan fingerprint density at radius 2 is 1.58 bits per heavy atom. The van der Waals surface area contributed by atoms with E-state index in [1.54, 1.807) is 17.0 Å². The molecule has 2 aromatic rings. The topological polar surface area (TPSA) is 119 Å².